The standard InChI is InChI=1S/C15H20N2O2/c1-12(2)17(10-11-18)9-8-15(19)13-4-6-14(16-3)7-5-13/h4-7,12,18H,8-11H2,1-2H3. The van der Waals surface area contributed by atoms with Gasteiger partial charge in [-0.1, -0.05) is 24.3 Å². The lowest BCUT2D eigenvalue weighted by Crippen LogP contribution is -2.35. The average molecular weight is 260 g/mol. The lowest BCUT2D eigenvalue weighted by atomic mass is 10.1. The Morgan fingerprint density at radius 2 is 1.95 bits per heavy atom. The molecule has 1 aromatic rings. The molecule has 0 saturated heterocycles. The van der Waals surface area contributed by atoms with Crippen molar-refractivity contribution in [2.24, 2.45) is 0 Å². The minimum Gasteiger partial charge on any atom is -0.395 e. The first-order chi connectivity index (χ1) is 9.08. The van der Waals surface area contributed by atoms with Crippen LogP contribution in [-0.2, 0) is 0 Å². The summed E-state index contributed by atoms with van der Waals surface area (Å²) in [4.78, 5) is 17.4. The SMILES string of the molecule is [C-]#[N+]c1ccc(C(=O)CCN(CCO)C(C)C)cc1. The van der Waals surface area contributed by atoms with Crippen LogP contribution in [0.2, 0.25) is 0 Å². The average Bonchev–Trinajstić information content (AvgIpc) is 2.42. The fourth-order valence-corrected chi connectivity index (χ4v) is 1.87. The Morgan fingerprint density at radius 3 is 2.42 bits per heavy atom. The third-order valence-electron chi connectivity index (χ3n) is 3.06. The Balaban J connectivity index is 2.56. The van der Waals surface area contributed by atoms with Crippen molar-refractivity contribution in [3.05, 3.63) is 41.2 Å². The Bertz CT molecular complexity index is 446. The Kier molecular flexibility index (Phi) is 6.20. The number of Topliss-reactive ketones (excluding diaryl/α,β-unsaturated/α-hetero) is 1. The predicted molar refractivity (Wildman–Crippen MR) is 75.4 cm³/mol. The van der Waals surface area contributed by atoms with E-state index in [0.717, 1.165) is 0 Å². The van der Waals surface area contributed by atoms with Crippen molar-refractivity contribution in [2.75, 3.05) is 19.7 Å². The number of hydrogen-bond donors (Lipinski definition) is 1. The van der Waals surface area contributed by atoms with Crippen molar-refractivity contribution < 1.29 is 9.90 Å². The number of hydrogen-bond acceptors (Lipinski definition) is 3. The van der Waals surface area contributed by atoms with Gasteiger partial charge < -0.3 is 5.11 Å². The third-order valence-corrected chi connectivity index (χ3v) is 3.06. The van der Waals surface area contributed by atoms with E-state index in [1.807, 2.05) is 13.8 Å². The Labute approximate surface area is 114 Å². The normalized spacial score (nSPS) is 10.7. The van der Waals surface area contributed by atoms with E-state index in [4.69, 9.17) is 11.7 Å². The maximum Gasteiger partial charge on any atom is 0.187 e. The van der Waals surface area contributed by atoms with Gasteiger partial charge in [0.1, 0.15) is 0 Å². The van der Waals surface area contributed by atoms with Crippen LogP contribution < -0.4 is 0 Å². The molecular formula is C15H20N2O2. The summed E-state index contributed by atoms with van der Waals surface area (Å²) in [5.41, 5.74) is 1.18. The van der Waals surface area contributed by atoms with Crippen LogP contribution in [0.1, 0.15) is 30.6 Å². The number of carbonyl (C=O) groups is 1. The van der Waals surface area contributed by atoms with Gasteiger partial charge in [0.25, 0.3) is 0 Å². The van der Waals surface area contributed by atoms with Crippen molar-refractivity contribution in [1.29, 1.82) is 0 Å². The molecule has 0 heterocycles. The molecule has 0 amide bonds. The number of aliphatic hydroxyl groups excluding tert-OH is 1. The van der Waals surface area contributed by atoms with Gasteiger partial charge in [-0.25, -0.2) is 4.85 Å². The molecule has 0 fully saturated rings. The Hall–Kier alpha value is -1.70. The zero-order valence-electron chi connectivity index (χ0n) is 11.5. The highest BCUT2D eigenvalue weighted by molar-refractivity contribution is 5.96. The van der Waals surface area contributed by atoms with Crippen LogP contribution in [-0.4, -0.2) is 41.5 Å². The van der Waals surface area contributed by atoms with Crippen LogP contribution in [0.5, 0.6) is 0 Å². The monoisotopic (exact) mass is 260 g/mol. The van der Waals surface area contributed by atoms with Gasteiger partial charge in [-0.3, -0.25) is 9.69 Å². The molecule has 0 atom stereocenters. The van der Waals surface area contributed by atoms with Crippen LogP contribution >= 0.6 is 0 Å². The minimum absolute atomic E-state index is 0.0696. The molecule has 1 rings (SSSR count). The van der Waals surface area contributed by atoms with Crippen molar-refractivity contribution in [3.8, 4) is 0 Å². The largest absolute Gasteiger partial charge is 0.395 e. The van der Waals surface area contributed by atoms with Crippen molar-refractivity contribution >= 4 is 11.5 Å². The predicted octanol–water partition coefficient (Wildman–Crippen LogP) is 2.51. The van der Waals surface area contributed by atoms with Gasteiger partial charge in [-0.05, 0) is 13.8 Å². The smallest absolute Gasteiger partial charge is 0.187 e. The third kappa shape index (κ3) is 4.82. The van der Waals surface area contributed by atoms with Crippen LogP contribution in [0.4, 0.5) is 5.69 Å². The quantitative estimate of drug-likeness (QED) is 0.605. The summed E-state index contributed by atoms with van der Waals surface area (Å²) in [7, 11) is 0. The van der Waals surface area contributed by atoms with E-state index in [0.29, 0.717) is 36.8 Å². The molecule has 0 bridgehead atoms. The first-order valence-electron chi connectivity index (χ1n) is 6.44. The number of aliphatic hydroxyl groups is 1. The fourth-order valence-electron chi connectivity index (χ4n) is 1.87. The van der Waals surface area contributed by atoms with E-state index in [2.05, 4.69) is 9.74 Å². The van der Waals surface area contributed by atoms with Gasteiger partial charge in [-0.15, -0.1) is 0 Å². The number of rotatable bonds is 7. The summed E-state index contributed by atoms with van der Waals surface area (Å²) in [6, 6.07) is 7.02. The first kappa shape index (κ1) is 15.4. The molecule has 4 nitrogen and oxygen atoms in total. The van der Waals surface area contributed by atoms with Crippen LogP contribution in [0.15, 0.2) is 24.3 Å². The molecule has 4 heteroatoms. The number of nitrogens with zero attached hydrogens (tertiary/aromatic N) is 2. The molecule has 19 heavy (non-hydrogen) atoms. The molecule has 102 valence electrons. The first-order valence-corrected chi connectivity index (χ1v) is 6.44. The van der Waals surface area contributed by atoms with Gasteiger partial charge >= 0.3 is 0 Å². The van der Waals surface area contributed by atoms with Crippen LogP contribution in [0.3, 0.4) is 0 Å². The molecule has 1 N–H and O–H groups in total. The van der Waals surface area contributed by atoms with Crippen molar-refractivity contribution in [3.63, 3.8) is 0 Å². The molecule has 0 radical (unpaired) electrons. The Morgan fingerprint density at radius 1 is 1.32 bits per heavy atom. The lowest BCUT2D eigenvalue weighted by Gasteiger charge is -2.25. The highest BCUT2D eigenvalue weighted by atomic mass is 16.3. The summed E-state index contributed by atoms with van der Waals surface area (Å²) >= 11 is 0. The number of carbonyl (C=O) groups excluding carboxylic acids is 1. The molecule has 0 aliphatic carbocycles. The second-order valence-electron chi connectivity index (χ2n) is 4.69. The van der Waals surface area contributed by atoms with Crippen molar-refractivity contribution in [1.82, 2.24) is 4.90 Å². The highest BCUT2D eigenvalue weighted by Crippen LogP contribution is 2.14. The van der Waals surface area contributed by atoms with E-state index in [-0.39, 0.29) is 12.4 Å². The van der Waals surface area contributed by atoms with E-state index in [1.165, 1.54) is 0 Å². The summed E-state index contributed by atoms with van der Waals surface area (Å²) < 4.78 is 0. The lowest BCUT2D eigenvalue weighted by molar-refractivity contribution is 0.0944. The van der Waals surface area contributed by atoms with E-state index >= 15 is 0 Å². The minimum atomic E-state index is 0.0696. The molecule has 0 unspecified atom stereocenters. The fraction of sp³-hybridized carbons (Fsp3) is 0.467. The summed E-state index contributed by atoms with van der Waals surface area (Å²) in [5.74, 6) is 0.0696. The van der Waals surface area contributed by atoms with Crippen molar-refractivity contribution in [2.45, 2.75) is 26.3 Å². The van der Waals surface area contributed by atoms with Gasteiger partial charge in [0.2, 0.25) is 0 Å². The zero-order chi connectivity index (χ0) is 14.3. The summed E-state index contributed by atoms with van der Waals surface area (Å²) in [6.45, 7) is 12.3. The molecule has 0 aromatic heterocycles. The molecule has 1 aromatic carbocycles. The maximum atomic E-state index is 12.0. The molecular weight excluding hydrogens is 240 g/mol. The topological polar surface area (TPSA) is 44.9 Å². The second kappa shape index (κ2) is 7.67. The summed E-state index contributed by atoms with van der Waals surface area (Å²) in [6.07, 6.45) is 0.426. The molecule has 0 saturated carbocycles. The van der Waals surface area contributed by atoms with Gasteiger partial charge in [0, 0.05) is 31.1 Å². The highest BCUT2D eigenvalue weighted by Gasteiger charge is 2.12. The van der Waals surface area contributed by atoms with Crippen LogP contribution in [0, 0.1) is 6.57 Å². The summed E-state index contributed by atoms with van der Waals surface area (Å²) in [5, 5.41) is 8.97. The van der Waals surface area contributed by atoms with Crippen LogP contribution in [0.25, 0.3) is 4.85 Å². The van der Waals surface area contributed by atoms with E-state index in [1.54, 1.807) is 24.3 Å². The molecule has 0 aliphatic rings. The molecule has 0 aliphatic heterocycles. The molecule has 0 spiro atoms. The zero-order valence-corrected chi connectivity index (χ0v) is 11.5. The maximum absolute atomic E-state index is 12.0. The van der Waals surface area contributed by atoms with Gasteiger partial charge in [0.15, 0.2) is 11.5 Å². The number of benzene rings is 1. The second-order valence-corrected chi connectivity index (χ2v) is 4.69. The van der Waals surface area contributed by atoms with E-state index < -0.39 is 0 Å². The van der Waals surface area contributed by atoms with E-state index in [9.17, 15) is 4.79 Å². The van der Waals surface area contributed by atoms with Gasteiger partial charge in [0.05, 0.1) is 13.2 Å². The van der Waals surface area contributed by atoms with Gasteiger partial charge in [-0.2, -0.15) is 0 Å². The number of ketones is 1.